The molecule has 17 heavy (non-hydrogen) atoms. The van der Waals surface area contributed by atoms with Gasteiger partial charge in [-0.15, -0.1) is 0 Å². The van der Waals surface area contributed by atoms with Crippen LogP contribution in [0.15, 0.2) is 22.7 Å². The summed E-state index contributed by atoms with van der Waals surface area (Å²) >= 11 is 0. The molecule has 3 rings (SSSR count). The highest BCUT2D eigenvalue weighted by atomic mass is 16.5. The van der Waals surface area contributed by atoms with Gasteiger partial charge in [0.1, 0.15) is 0 Å². The molecule has 0 atom stereocenters. The molecule has 2 aromatic rings. The van der Waals surface area contributed by atoms with Crippen LogP contribution in [0, 0.1) is 0 Å². The molecule has 1 saturated heterocycles. The minimum absolute atomic E-state index is 0.890. The van der Waals surface area contributed by atoms with Crippen LogP contribution in [0.1, 0.15) is 12.6 Å². The second kappa shape index (κ2) is 4.37. The van der Waals surface area contributed by atoms with Crippen molar-refractivity contribution in [3.63, 3.8) is 0 Å². The molecule has 2 heterocycles. The number of hydrogen-bond acceptors (Lipinski definition) is 4. The Hall–Kier alpha value is -1.55. The van der Waals surface area contributed by atoms with E-state index in [2.05, 4.69) is 34.4 Å². The minimum atomic E-state index is 0.890. The Kier molecular flexibility index (Phi) is 2.73. The average molecular weight is 231 g/mol. The number of aryl methyl sites for hydroxylation is 1. The van der Waals surface area contributed by atoms with Crippen LogP contribution >= 0.6 is 0 Å². The molecule has 1 fully saturated rings. The maximum absolute atomic E-state index is 5.30. The van der Waals surface area contributed by atoms with Crippen LogP contribution in [0.4, 0.5) is 5.69 Å². The Labute approximate surface area is 101 Å². The van der Waals surface area contributed by atoms with E-state index in [4.69, 9.17) is 4.52 Å². The van der Waals surface area contributed by atoms with Gasteiger partial charge in [0.05, 0.1) is 5.69 Å². The molecule has 1 N–H and O–H groups in total. The highest BCUT2D eigenvalue weighted by molar-refractivity contribution is 5.83. The first-order valence-electron chi connectivity index (χ1n) is 6.22. The van der Waals surface area contributed by atoms with Crippen molar-refractivity contribution in [2.24, 2.45) is 0 Å². The van der Waals surface area contributed by atoms with Gasteiger partial charge < -0.3 is 14.7 Å². The van der Waals surface area contributed by atoms with Crippen molar-refractivity contribution in [3.8, 4) is 0 Å². The summed E-state index contributed by atoms with van der Waals surface area (Å²) in [4.78, 5) is 2.41. The lowest BCUT2D eigenvalue weighted by Gasteiger charge is -2.29. The molecular formula is C13H17N3O. The minimum Gasteiger partial charge on any atom is -0.369 e. The van der Waals surface area contributed by atoms with Crippen molar-refractivity contribution in [3.05, 3.63) is 23.9 Å². The van der Waals surface area contributed by atoms with Crippen molar-refractivity contribution in [1.82, 2.24) is 10.5 Å². The van der Waals surface area contributed by atoms with E-state index in [0.717, 1.165) is 49.3 Å². The lowest BCUT2D eigenvalue weighted by molar-refractivity contribution is 0.447. The molecule has 1 aliphatic heterocycles. The lowest BCUT2D eigenvalue weighted by Crippen LogP contribution is -2.43. The summed E-state index contributed by atoms with van der Waals surface area (Å²) in [6, 6.07) is 6.35. The Bertz CT molecular complexity index is 514. The second-order valence-corrected chi connectivity index (χ2v) is 4.40. The number of anilines is 1. The van der Waals surface area contributed by atoms with Gasteiger partial charge in [-0.2, -0.15) is 0 Å². The van der Waals surface area contributed by atoms with Crippen molar-refractivity contribution < 1.29 is 4.52 Å². The van der Waals surface area contributed by atoms with E-state index in [0.29, 0.717) is 0 Å². The topological polar surface area (TPSA) is 41.3 Å². The zero-order valence-electron chi connectivity index (χ0n) is 10.1. The first kappa shape index (κ1) is 10.6. The highest BCUT2D eigenvalue weighted by Gasteiger charge is 2.13. The number of nitrogens with zero attached hydrogens (tertiary/aromatic N) is 2. The van der Waals surface area contributed by atoms with Crippen LogP contribution in [-0.2, 0) is 6.42 Å². The maximum atomic E-state index is 5.30. The Morgan fingerprint density at radius 3 is 2.94 bits per heavy atom. The third kappa shape index (κ3) is 1.89. The average Bonchev–Trinajstić information content (AvgIpc) is 2.81. The first-order valence-corrected chi connectivity index (χ1v) is 6.22. The zero-order chi connectivity index (χ0) is 11.7. The van der Waals surface area contributed by atoms with Gasteiger partial charge in [0.25, 0.3) is 0 Å². The molecule has 4 heteroatoms. The molecule has 0 aliphatic carbocycles. The Balaban J connectivity index is 1.99. The molecule has 0 unspecified atom stereocenters. The van der Waals surface area contributed by atoms with E-state index < -0.39 is 0 Å². The van der Waals surface area contributed by atoms with Gasteiger partial charge in [-0.05, 0) is 24.6 Å². The molecule has 0 radical (unpaired) electrons. The summed E-state index contributed by atoms with van der Waals surface area (Å²) in [5, 5.41) is 8.62. The lowest BCUT2D eigenvalue weighted by atomic mass is 10.1. The third-order valence-electron chi connectivity index (χ3n) is 3.35. The Morgan fingerprint density at radius 1 is 1.35 bits per heavy atom. The number of hydrogen-bond donors (Lipinski definition) is 1. The van der Waals surface area contributed by atoms with Crippen LogP contribution in [0.5, 0.6) is 0 Å². The monoisotopic (exact) mass is 231 g/mol. The Morgan fingerprint density at radius 2 is 2.18 bits per heavy atom. The zero-order valence-corrected chi connectivity index (χ0v) is 10.1. The number of fused-ring (bicyclic) bond motifs is 1. The number of benzene rings is 1. The molecule has 0 bridgehead atoms. The molecule has 1 aromatic carbocycles. The SMILES string of the molecule is CCc1noc2ccc(N3CCNCC3)cc12. The standard InChI is InChI=1S/C13H17N3O/c1-2-12-11-9-10(3-4-13(11)17-15-12)16-7-5-14-6-8-16/h3-4,9,14H,2,5-8H2,1H3. The fraction of sp³-hybridized carbons (Fsp3) is 0.462. The highest BCUT2D eigenvalue weighted by Crippen LogP contribution is 2.25. The molecule has 4 nitrogen and oxygen atoms in total. The number of rotatable bonds is 2. The third-order valence-corrected chi connectivity index (χ3v) is 3.35. The van der Waals surface area contributed by atoms with Gasteiger partial charge in [-0.25, -0.2) is 0 Å². The van der Waals surface area contributed by atoms with E-state index in [9.17, 15) is 0 Å². The van der Waals surface area contributed by atoms with E-state index in [1.165, 1.54) is 5.69 Å². The van der Waals surface area contributed by atoms with E-state index in [1.54, 1.807) is 0 Å². The predicted octanol–water partition coefficient (Wildman–Crippen LogP) is 1.80. The second-order valence-electron chi connectivity index (χ2n) is 4.40. The number of nitrogens with one attached hydrogen (secondary N) is 1. The van der Waals surface area contributed by atoms with Crippen LogP contribution in [0.2, 0.25) is 0 Å². The molecule has 90 valence electrons. The van der Waals surface area contributed by atoms with Gasteiger partial charge >= 0.3 is 0 Å². The van der Waals surface area contributed by atoms with Gasteiger partial charge in [0.2, 0.25) is 0 Å². The van der Waals surface area contributed by atoms with Gasteiger partial charge in [0, 0.05) is 37.3 Å². The van der Waals surface area contributed by atoms with Crippen LogP contribution < -0.4 is 10.2 Å². The van der Waals surface area contributed by atoms with E-state index in [1.807, 2.05) is 6.07 Å². The quantitative estimate of drug-likeness (QED) is 0.855. The van der Waals surface area contributed by atoms with Crippen molar-refractivity contribution >= 4 is 16.7 Å². The summed E-state index contributed by atoms with van der Waals surface area (Å²) in [5.74, 6) is 0. The van der Waals surface area contributed by atoms with E-state index in [-0.39, 0.29) is 0 Å². The van der Waals surface area contributed by atoms with Crippen molar-refractivity contribution in [2.75, 3.05) is 31.1 Å². The summed E-state index contributed by atoms with van der Waals surface area (Å²) in [6.45, 7) is 6.36. The predicted molar refractivity (Wildman–Crippen MR) is 68.5 cm³/mol. The van der Waals surface area contributed by atoms with Gasteiger partial charge in [0.15, 0.2) is 5.58 Å². The molecule has 0 spiro atoms. The molecule has 0 amide bonds. The van der Waals surface area contributed by atoms with Gasteiger partial charge in [-0.1, -0.05) is 12.1 Å². The summed E-state index contributed by atoms with van der Waals surface area (Å²) in [7, 11) is 0. The van der Waals surface area contributed by atoms with Crippen molar-refractivity contribution in [2.45, 2.75) is 13.3 Å². The largest absolute Gasteiger partial charge is 0.369 e. The fourth-order valence-corrected chi connectivity index (χ4v) is 2.35. The molecule has 1 aliphatic rings. The normalized spacial score (nSPS) is 16.6. The molecule has 0 saturated carbocycles. The first-order chi connectivity index (χ1) is 8.38. The fourth-order valence-electron chi connectivity index (χ4n) is 2.35. The summed E-state index contributed by atoms with van der Waals surface area (Å²) < 4.78 is 5.30. The van der Waals surface area contributed by atoms with Crippen LogP contribution in [0.25, 0.3) is 11.0 Å². The van der Waals surface area contributed by atoms with Crippen LogP contribution in [-0.4, -0.2) is 31.3 Å². The smallest absolute Gasteiger partial charge is 0.167 e. The summed E-state index contributed by atoms with van der Waals surface area (Å²) in [6.07, 6.45) is 0.915. The van der Waals surface area contributed by atoms with Crippen molar-refractivity contribution in [1.29, 1.82) is 0 Å². The number of piperazine rings is 1. The molecular weight excluding hydrogens is 214 g/mol. The van der Waals surface area contributed by atoms with Gasteiger partial charge in [-0.3, -0.25) is 0 Å². The van der Waals surface area contributed by atoms with E-state index >= 15 is 0 Å². The summed E-state index contributed by atoms with van der Waals surface area (Å²) in [5.41, 5.74) is 3.22. The molecule has 1 aromatic heterocycles. The number of aromatic nitrogens is 1. The maximum Gasteiger partial charge on any atom is 0.167 e. The van der Waals surface area contributed by atoms with Crippen LogP contribution in [0.3, 0.4) is 0 Å².